The van der Waals surface area contributed by atoms with Crippen molar-refractivity contribution in [2.45, 2.75) is 13.8 Å². The van der Waals surface area contributed by atoms with Crippen LogP contribution in [0.5, 0.6) is 17.2 Å². The fourth-order valence-electron chi connectivity index (χ4n) is 2.67. The van der Waals surface area contributed by atoms with Crippen molar-refractivity contribution in [2.24, 2.45) is 0 Å². The van der Waals surface area contributed by atoms with Crippen molar-refractivity contribution in [2.75, 3.05) is 27.9 Å². The minimum absolute atomic E-state index is 0.0244. The number of ether oxygens (including phenoxy) is 4. The van der Waals surface area contributed by atoms with Crippen LogP contribution in [0.15, 0.2) is 6.07 Å². The average molecular weight is 333 g/mol. The van der Waals surface area contributed by atoms with Crippen LogP contribution in [-0.4, -0.2) is 45.2 Å². The van der Waals surface area contributed by atoms with Gasteiger partial charge in [-0.2, -0.15) is 0 Å². The van der Waals surface area contributed by atoms with Crippen LogP contribution < -0.4 is 14.2 Å². The van der Waals surface area contributed by atoms with Crippen molar-refractivity contribution in [1.82, 2.24) is 4.98 Å². The van der Waals surface area contributed by atoms with Crippen LogP contribution in [0.1, 0.15) is 33.5 Å². The second-order valence-electron chi connectivity index (χ2n) is 4.88. The first-order valence-corrected chi connectivity index (χ1v) is 7.29. The molecule has 7 heteroatoms. The second-order valence-corrected chi connectivity index (χ2v) is 4.88. The number of rotatable bonds is 6. The zero-order chi connectivity index (χ0) is 17.9. The molecule has 0 saturated heterocycles. The number of fused-ring (bicyclic) bond motifs is 1. The molecule has 1 heterocycles. The van der Waals surface area contributed by atoms with E-state index in [0.29, 0.717) is 39.9 Å². The van der Waals surface area contributed by atoms with Crippen molar-refractivity contribution in [3.05, 3.63) is 23.0 Å². The quantitative estimate of drug-likeness (QED) is 0.593. The lowest BCUT2D eigenvalue weighted by Crippen LogP contribution is -2.10. The maximum absolute atomic E-state index is 12.0. The Kier molecular flexibility index (Phi) is 5.23. The Morgan fingerprint density at radius 2 is 1.75 bits per heavy atom. The Balaban J connectivity index is 2.97. The largest absolute Gasteiger partial charge is 0.496 e. The molecule has 2 aromatic rings. The van der Waals surface area contributed by atoms with Crippen molar-refractivity contribution in [1.29, 1.82) is 0 Å². The van der Waals surface area contributed by atoms with E-state index in [4.69, 9.17) is 18.9 Å². The molecule has 0 aliphatic rings. The van der Waals surface area contributed by atoms with E-state index in [2.05, 4.69) is 4.98 Å². The Morgan fingerprint density at radius 3 is 2.25 bits per heavy atom. The summed E-state index contributed by atoms with van der Waals surface area (Å²) in [4.78, 5) is 27.7. The van der Waals surface area contributed by atoms with Gasteiger partial charge in [0.05, 0.1) is 33.3 Å². The predicted molar refractivity (Wildman–Crippen MR) is 87.5 cm³/mol. The molecule has 0 aliphatic heterocycles. The third kappa shape index (κ3) is 2.73. The number of nitrogens with zero attached hydrogens (tertiary/aromatic N) is 1. The van der Waals surface area contributed by atoms with Gasteiger partial charge in [0.1, 0.15) is 17.1 Å². The van der Waals surface area contributed by atoms with Crippen LogP contribution >= 0.6 is 0 Å². The molecular weight excluding hydrogens is 314 g/mol. The SMILES string of the molecule is CCOC(=O)c1cc2c(OC)c(C)c(OC)c(OC)c2c(C=O)n1. The number of hydrogen-bond acceptors (Lipinski definition) is 7. The van der Waals surface area contributed by atoms with E-state index in [0.717, 1.165) is 0 Å². The molecule has 7 nitrogen and oxygen atoms in total. The monoisotopic (exact) mass is 333 g/mol. The first kappa shape index (κ1) is 17.5. The molecule has 2 rings (SSSR count). The third-order valence-corrected chi connectivity index (χ3v) is 3.62. The number of aldehydes is 1. The van der Waals surface area contributed by atoms with E-state index < -0.39 is 5.97 Å². The zero-order valence-corrected chi connectivity index (χ0v) is 14.3. The first-order valence-electron chi connectivity index (χ1n) is 7.29. The van der Waals surface area contributed by atoms with Gasteiger partial charge in [-0.15, -0.1) is 0 Å². The molecule has 0 radical (unpaired) electrons. The van der Waals surface area contributed by atoms with E-state index >= 15 is 0 Å². The summed E-state index contributed by atoms with van der Waals surface area (Å²) in [5.74, 6) is 0.655. The van der Waals surface area contributed by atoms with Crippen LogP contribution in [0.25, 0.3) is 10.8 Å². The molecule has 0 saturated carbocycles. The van der Waals surface area contributed by atoms with Gasteiger partial charge in [0.25, 0.3) is 0 Å². The number of methoxy groups -OCH3 is 3. The van der Waals surface area contributed by atoms with Gasteiger partial charge in [-0.05, 0) is 19.9 Å². The van der Waals surface area contributed by atoms with E-state index in [-0.39, 0.29) is 18.0 Å². The number of carbonyl (C=O) groups excluding carboxylic acids is 2. The van der Waals surface area contributed by atoms with Crippen molar-refractivity contribution in [3.8, 4) is 17.2 Å². The Morgan fingerprint density at radius 1 is 1.12 bits per heavy atom. The highest BCUT2D eigenvalue weighted by Gasteiger charge is 2.24. The first-order chi connectivity index (χ1) is 11.5. The average Bonchev–Trinajstić information content (AvgIpc) is 2.59. The highest BCUT2D eigenvalue weighted by Crippen LogP contribution is 2.46. The predicted octanol–water partition coefficient (Wildman–Crippen LogP) is 2.56. The summed E-state index contributed by atoms with van der Waals surface area (Å²) in [5.41, 5.74) is 0.752. The van der Waals surface area contributed by atoms with Crippen molar-refractivity contribution < 1.29 is 28.5 Å². The summed E-state index contributed by atoms with van der Waals surface area (Å²) in [6.07, 6.45) is 0.557. The Bertz CT molecular complexity index is 800. The third-order valence-electron chi connectivity index (χ3n) is 3.62. The molecule has 0 fully saturated rings. The van der Waals surface area contributed by atoms with E-state index in [1.54, 1.807) is 13.8 Å². The van der Waals surface area contributed by atoms with Gasteiger partial charge in [-0.1, -0.05) is 0 Å². The van der Waals surface area contributed by atoms with Gasteiger partial charge in [0.2, 0.25) is 0 Å². The van der Waals surface area contributed by atoms with Gasteiger partial charge in [0, 0.05) is 10.9 Å². The van der Waals surface area contributed by atoms with Crippen LogP contribution in [0.3, 0.4) is 0 Å². The van der Waals surface area contributed by atoms with Gasteiger partial charge in [0.15, 0.2) is 17.8 Å². The number of benzene rings is 1. The molecule has 0 aliphatic carbocycles. The molecule has 0 unspecified atom stereocenters. The van der Waals surface area contributed by atoms with Crippen LogP contribution in [0.4, 0.5) is 0 Å². The van der Waals surface area contributed by atoms with Gasteiger partial charge in [-0.3, -0.25) is 4.79 Å². The van der Waals surface area contributed by atoms with Crippen molar-refractivity contribution >= 4 is 23.0 Å². The summed E-state index contributed by atoms with van der Waals surface area (Å²) >= 11 is 0. The summed E-state index contributed by atoms with van der Waals surface area (Å²) in [7, 11) is 4.47. The molecule has 1 aromatic heterocycles. The van der Waals surface area contributed by atoms with Gasteiger partial charge >= 0.3 is 5.97 Å². The Hall–Kier alpha value is -2.83. The molecule has 0 amide bonds. The van der Waals surface area contributed by atoms with Gasteiger partial charge in [-0.25, -0.2) is 9.78 Å². The minimum atomic E-state index is -0.614. The lowest BCUT2D eigenvalue weighted by Gasteiger charge is -2.18. The number of hydrogen-bond donors (Lipinski definition) is 0. The normalized spacial score (nSPS) is 10.4. The maximum Gasteiger partial charge on any atom is 0.356 e. The molecule has 0 bridgehead atoms. The molecule has 24 heavy (non-hydrogen) atoms. The highest BCUT2D eigenvalue weighted by atomic mass is 16.5. The molecule has 0 N–H and O–H groups in total. The molecule has 1 aromatic carbocycles. The zero-order valence-electron chi connectivity index (χ0n) is 14.3. The fourth-order valence-corrected chi connectivity index (χ4v) is 2.67. The molecule has 128 valence electrons. The second kappa shape index (κ2) is 7.16. The van der Waals surface area contributed by atoms with Crippen molar-refractivity contribution in [3.63, 3.8) is 0 Å². The molecule has 0 spiro atoms. The Labute approximate surface area is 139 Å². The van der Waals surface area contributed by atoms with Crippen LogP contribution in [-0.2, 0) is 4.74 Å². The summed E-state index contributed by atoms with van der Waals surface area (Å²) < 4.78 is 21.2. The minimum Gasteiger partial charge on any atom is -0.496 e. The van der Waals surface area contributed by atoms with Crippen LogP contribution in [0, 0.1) is 6.92 Å². The number of aromatic nitrogens is 1. The van der Waals surface area contributed by atoms with E-state index in [9.17, 15) is 9.59 Å². The topological polar surface area (TPSA) is 84.0 Å². The lowest BCUT2D eigenvalue weighted by molar-refractivity contribution is 0.0519. The summed E-state index contributed by atoms with van der Waals surface area (Å²) in [6.45, 7) is 3.69. The number of esters is 1. The van der Waals surface area contributed by atoms with Gasteiger partial charge < -0.3 is 18.9 Å². The summed E-state index contributed by atoms with van der Waals surface area (Å²) in [5, 5.41) is 0.938. The van der Waals surface area contributed by atoms with E-state index in [1.807, 2.05) is 0 Å². The van der Waals surface area contributed by atoms with E-state index in [1.165, 1.54) is 27.4 Å². The fraction of sp³-hybridized carbons (Fsp3) is 0.353. The number of pyridine rings is 1. The summed E-state index contributed by atoms with van der Waals surface area (Å²) in [6, 6.07) is 1.52. The maximum atomic E-state index is 12.0. The van der Waals surface area contributed by atoms with Crippen LogP contribution in [0.2, 0.25) is 0 Å². The standard InChI is InChI=1S/C17H19NO6/c1-6-24-17(20)11-7-10-13(12(8-19)18-11)16(23-5)15(22-4)9(2)14(10)21-3/h7-8H,6H2,1-5H3. The highest BCUT2D eigenvalue weighted by molar-refractivity contribution is 6.07. The number of carbonyl (C=O) groups is 2. The molecule has 0 atom stereocenters. The smallest absolute Gasteiger partial charge is 0.356 e. The molecular formula is C17H19NO6. The lowest BCUT2D eigenvalue weighted by atomic mass is 10.0.